The molecule has 0 N–H and O–H groups in total. The summed E-state index contributed by atoms with van der Waals surface area (Å²) in [6.07, 6.45) is 0. The fourth-order valence-corrected chi connectivity index (χ4v) is 3.47. The van der Waals surface area contributed by atoms with Gasteiger partial charge in [0.2, 0.25) is 0 Å². The first-order valence-electron chi connectivity index (χ1n) is 7.12. The molecular weight excluding hydrogens is 312 g/mol. The van der Waals surface area contributed by atoms with Crippen LogP contribution in [0.4, 0.5) is 0 Å². The summed E-state index contributed by atoms with van der Waals surface area (Å²) in [6, 6.07) is 9.48. The van der Waals surface area contributed by atoms with E-state index in [9.17, 15) is 19.2 Å². The number of rotatable bonds is 0. The average Bonchev–Trinajstić information content (AvgIpc) is 2.56. The molecule has 2 aromatic heterocycles. The molecule has 0 spiro atoms. The molecule has 0 radical (unpaired) electrons. The first kappa shape index (κ1) is 13.0. The molecule has 0 aliphatic rings. The standard InChI is InChI=1S/C18H6O6/c19-15-9-5-1-3-7-11(9)14(18(22)23-15)8-4-2-6-10-12(8)13(7)17(21)24-16(10)20/h1-6H. The van der Waals surface area contributed by atoms with Gasteiger partial charge in [0.1, 0.15) is 0 Å². The Morgan fingerprint density at radius 1 is 0.458 bits per heavy atom. The normalized spacial score (nSPS) is 12.0. The highest BCUT2D eigenvalue weighted by molar-refractivity contribution is 6.31. The Morgan fingerprint density at radius 3 is 1.25 bits per heavy atom. The van der Waals surface area contributed by atoms with Gasteiger partial charge in [-0.1, -0.05) is 24.3 Å². The average molecular weight is 318 g/mol. The molecule has 24 heavy (non-hydrogen) atoms. The van der Waals surface area contributed by atoms with Gasteiger partial charge in [-0.2, -0.15) is 0 Å². The second kappa shape index (κ2) is 4.05. The first-order valence-corrected chi connectivity index (χ1v) is 7.12. The Morgan fingerprint density at radius 2 is 0.833 bits per heavy atom. The van der Waals surface area contributed by atoms with Crippen LogP contribution in [0, 0.1) is 0 Å². The molecule has 0 saturated heterocycles. The van der Waals surface area contributed by atoms with Crippen LogP contribution >= 0.6 is 0 Å². The molecule has 3 aromatic carbocycles. The lowest BCUT2D eigenvalue weighted by Crippen LogP contribution is -2.16. The quantitative estimate of drug-likeness (QED) is 0.319. The molecule has 0 unspecified atom stereocenters. The van der Waals surface area contributed by atoms with Gasteiger partial charge in [-0.25, -0.2) is 19.2 Å². The van der Waals surface area contributed by atoms with Crippen molar-refractivity contribution in [1.82, 2.24) is 0 Å². The summed E-state index contributed by atoms with van der Waals surface area (Å²) in [6.45, 7) is 0. The van der Waals surface area contributed by atoms with Gasteiger partial charge in [-0.05, 0) is 22.9 Å². The summed E-state index contributed by atoms with van der Waals surface area (Å²) in [5.74, 6) is 0. The molecular formula is C18H6O6. The van der Waals surface area contributed by atoms with E-state index in [0.717, 1.165) is 0 Å². The van der Waals surface area contributed by atoms with E-state index in [0.29, 0.717) is 21.5 Å². The van der Waals surface area contributed by atoms with E-state index in [1.165, 1.54) is 12.1 Å². The third-order valence-electron chi connectivity index (χ3n) is 4.39. The van der Waals surface area contributed by atoms with Crippen molar-refractivity contribution >= 4 is 43.1 Å². The lowest BCUT2D eigenvalue weighted by Gasteiger charge is -2.10. The van der Waals surface area contributed by atoms with Crippen LogP contribution in [-0.2, 0) is 0 Å². The molecule has 6 nitrogen and oxygen atoms in total. The van der Waals surface area contributed by atoms with Crippen molar-refractivity contribution in [2.75, 3.05) is 0 Å². The van der Waals surface area contributed by atoms with Gasteiger partial charge in [-0.15, -0.1) is 0 Å². The molecule has 0 saturated carbocycles. The van der Waals surface area contributed by atoms with Crippen molar-refractivity contribution in [3.63, 3.8) is 0 Å². The summed E-state index contributed by atoms with van der Waals surface area (Å²) >= 11 is 0. The number of benzene rings is 3. The van der Waals surface area contributed by atoms with Crippen molar-refractivity contribution in [2.45, 2.75) is 0 Å². The molecule has 114 valence electrons. The molecule has 6 heteroatoms. The van der Waals surface area contributed by atoms with Crippen LogP contribution in [0.25, 0.3) is 43.1 Å². The van der Waals surface area contributed by atoms with Crippen molar-refractivity contribution in [3.05, 3.63) is 78.1 Å². The molecule has 0 bridgehead atoms. The smallest absolute Gasteiger partial charge is 0.347 e. The largest absolute Gasteiger partial charge is 0.386 e. The Balaban J connectivity index is 2.42. The lowest BCUT2D eigenvalue weighted by atomic mass is 9.93. The van der Waals surface area contributed by atoms with E-state index in [1.54, 1.807) is 24.3 Å². The van der Waals surface area contributed by atoms with Gasteiger partial charge in [-0.3, -0.25) is 0 Å². The first-order chi connectivity index (χ1) is 11.6. The number of hydrogen-bond acceptors (Lipinski definition) is 6. The van der Waals surface area contributed by atoms with E-state index in [1.807, 2.05) is 0 Å². The van der Waals surface area contributed by atoms with E-state index >= 15 is 0 Å². The highest BCUT2D eigenvalue weighted by Crippen LogP contribution is 2.35. The Bertz CT molecular complexity index is 1410. The molecule has 0 aliphatic carbocycles. The Hall–Kier alpha value is -3.54. The van der Waals surface area contributed by atoms with E-state index in [2.05, 4.69) is 0 Å². The van der Waals surface area contributed by atoms with Crippen LogP contribution in [0.2, 0.25) is 0 Å². The van der Waals surface area contributed by atoms with E-state index in [4.69, 9.17) is 8.83 Å². The van der Waals surface area contributed by atoms with Crippen molar-refractivity contribution < 1.29 is 8.83 Å². The molecule has 0 fully saturated rings. The van der Waals surface area contributed by atoms with Gasteiger partial charge in [0.25, 0.3) is 0 Å². The second-order valence-electron chi connectivity index (χ2n) is 5.56. The zero-order chi connectivity index (χ0) is 16.6. The highest BCUT2D eigenvalue weighted by atomic mass is 16.4. The van der Waals surface area contributed by atoms with Gasteiger partial charge in [0.15, 0.2) is 0 Å². The maximum absolute atomic E-state index is 12.3. The van der Waals surface area contributed by atoms with Gasteiger partial charge in [0.05, 0.1) is 21.5 Å². The maximum atomic E-state index is 12.3. The van der Waals surface area contributed by atoms with Crippen LogP contribution in [0.15, 0.2) is 64.4 Å². The van der Waals surface area contributed by atoms with Crippen LogP contribution in [-0.4, -0.2) is 0 Å². The summed E-state index contributed by atoms with van der Waals surface area (Å²) < 4.78 is 9.63. The maximum Gasteiger partial charge on any atom is 0.347 e. The van der Waals surface area contributed by atoms with Crippen molar-refractivity contribution in [2.24, 2.45) is 0 Å². The highest BCUT2D eigenvalue weighted by Gasteiger charge is 2.21. The zero-order valence-corrected chi connectivity index (χ0v) is 11.9. The van der Waals surface area contributed by atoms with E-state index in [-0.39, 0.29) is 21.5 Å². The van der Waals surface area contributed by atoms with Crippen LogP contribution < -0.4 is 22.5 Å². The van der Waals surface area contributed by atoms with Crippen LogP contribution in [0.3, 0.4) is 0 Å². The molecule has 2 heterocycles. The topological polar surface area (TPSA) is 94.6 Å². The predicted molar refractivity (Wildman–Crippen MR) is 88.5 cm³/mol. The molecule has 0 amide bonds. The number of fused-ring (bicyclic) bond motifs is 2. The summed E-state index contributed by atoms with van der Waals surface area (Å²) in [7, 11) is 0. The van der Waals surface area contributed by atoms with Gasteiger partial charge >= 0.3 is 22.5 Å². The van der Waals surface area contributed by atoms with Crippen LogP contribution in [0.1, 0.15) is 0 Å². The third-order valence-corrected chi connectivity index (χ3v) is 4.39. The minimum Gasteiger partial charge on any atom is -0.386 e. The molecule has 0 atom stereocenters. The zero-order valence-electron chi connectivity index (χ0n) is 11.9. The fourth-order valence-electron chi connectivity index (χ4n) is 3.47. The lowest BCUT2D eigenvalue weighted by molar-refractivity contribution is 0.488. The second-order valence-corrected chi connectivity index (χ2v) is 5.56. The summed E-state index contributed by atoms with van der Waals surface area (Å²) in [5.41, 5.74) is -3.11. The predicted octanol–water partition coefficient (Wildman–Crippen LogP) is 1.80. The monoisotopic (exact) mass is 318 g/mol. The van der Waals surface area contributed by atoms with Crippen molar-refractivity contribution in [3.8, 4) is 0 Å². The summed E-state index contributed by atoms with van der Waals surface area (Å²) in [5, 5.41) is 2.27. The molecule has 5 rings (SSSR count). The van der Waals surface area contributed by atoms with E-state index < -0.39 is 22.5 Å². The minimum atomic E-state index is -0.793. The minimum absolute atomic E-state index is 0.184. The van der Waals surface area contributed by atoms with Gasteiger partial charge < -0.3 is 8.83 Å². The Labute approximate surface area is 130 Å². The third kappa shape index (κ3) is 1.35. The number of hydrogen-bond donors (Lipinski definition) is 0. The molecule has 5 aromatic rings. The SMILES string of the molecule is O=c1oc(=O)c2c3cccc4c(=O)oc(=O)c(c5cccc1c52)c43. The summed E-state index contributed by atoms with van der Waals surface area (Å²) in [4.78, 5) is 48.7. The molecule has 0 aliphatic heterocycles. The Kier molecular flexibility index (Phi) is 2.19. The fraction of sp³-hybridized carbons (Fsp3) is 0. The van der Waals surface area contributed by atoms with Crippen molar-refractivity contribution in [1.29, 1.82) is 0 Å². The van der Waals surface area contributed by atoms with Gasteiger partial charge in [0, 0.05) is 10.8 Å². The van der Waals surface area contributed by atoms with Crippen LogP contribution in [0.5, 0.6) is 0 Å².